The molecule has 0 aromatic heterocycles. The van der Waals surface area contributed by atoms with E-state index in [1.807, 2.05) is 18.7 Å². The van der Waals surface area contributed by atoms with Crippen LogP contribution < -0.4 is 5.73 Å². The number of hydrogen-bond donors (Lipinski definition) is 1. The van der Waals surface area contributed by atoms with Crippen molar-refractivity contribution in [2.75, 3.05) is 19.6 Å². The largest absolute Gasteiger partial charge is 0.339 e. The molecule has 2 N–H and O–H groups in total. The van der Waals surface area contributed by atoms with Crippen LogP contribution in [0.1, 0.15) is 46.3 Å². The second-order valence-electron chi connectivity index (χ2n) is 6.09. The second kappa shape index (κ2) is 6.40. The number of carbonyl (C=O) groups excluding carboxylic acids is 1. The Morgan fingerprint density at radius 3 is 2.25 bits per heavy atom. The Balaban J connectivity index is 2.10. The average Bonchev–Trinajstić information content (AvgIpc) is 2.38. The smallest absolute Gasteiger partial charge is 0.254 e. The number of nitrogens with zero attached hydrogens (tertiary/aromatic N) is 1. The van der Waals surface area contributed by atoms with E-state index in [-0.39, 0.29) is 5.91 Å². The van der Waals surface area contributed by atoms with Gasteiger partial charge in [-0.1, -0.05) is 17.7 Å². The molecule has 1 aromatic carbocycles. The lowest BCUT2D eigenvalue weighted by Crippen LogP contribution is -2.39. The number of benzene rings is 1. The number of carbonyl (C=O) groups is 1. The molecule has 0 spiro atoms. The normalized spacial score (nSPS) is 16.5. The average molecular weight is 274 g/mol. The van der Waals surface area contributed by atoms with Crippen molar-refractivity contribution >= 4 is 5.91 Å². The van der Waals surface area contributed by atoms with Crippen LogP contribution in [0.5, 0.6) is 0 Å². The van der Waals surface area contributed by atoms with Gasteiger partial charge in [0.05, 0.1) is 0 Å². The molecule has 1 aromatic rings. The minimum atomic E-state index is 0.200. The molecule has 110 valence electrons. The van der Waals surface area contributed by atoms with Crippen molar-refractivity contribution in [1.29, 1.82) is 0 Å². The van der Waals surface area contributed by atoms with Crippen molar-refractivity contribution < 1.29 is 4.79 Å². The first-order chi connectivity index (χ1) is 9.52. The first-order valence-electron chi connectivity index (χ1n) is 7.60. The zero-order chi connectivity index (χ0) is 14.7. The Bertz CT molecular complexity index is 465. The first-order valence-corrected chi connectivity index (χ1v) is 7.60. The highest BCUT2D eigenvalue weighted by Gasteiger charge is 2.25. The van der Waals surface area contributed by atoms with E-state index in [0.29, 0.717) is 5.92 Å². The minimum absolute atomic E-state index is 0.200. The van der Waals surface area contributed by atoms with Gasteiger partial charge < -0.3 is 10.6 Å². The second-order valence-corrected chi connectivity index (χ2v) is 6.09. The number of hydrogen-bond acceptors (Lipinski definition) is 2. The number of piperidine rings is 1. The molecule has 1 amide bonds. The fourth-order valence-corrected chi connectivity index (χ4v) is 3.34. The third-order valence-corrected chi connectivity index (χ3v) is 4.37. The van der Waals surface area contributed by atoms with Crippen molar-refractivity contribution in [3.8, 4) is 0 Å². The summed E-state index contributed by atoms with van der Waals surface area (Å²) >= 11 is 0. The maximum atomic E-state index is 12.7. The summed E-state index contributed by atoms with van der Waals surface area (Å²) in [4.78, 5) is 14.7. The molecule has 3 nitrogen and oxygen atoms in total. The lowest BCUT2D eigenvalue weighted by Gasteiger charge is -2.32. The maximum Gasteiger partial charge on any atom is 0.254 e. The van der Waals surface area contributed by atoms with E-state index in [2.05, 4.69) is 19.1 Å². The van der Waals surface area contributed by atoms with Gasteiger partial charge in [-0.2, -0.15) is 0 Å². The molecule has 1 heterocycles. The predicted octanol–water partition coefficient (Wildman–Crippen LogP) is 2.81. The van der Waals surface area contributed by atoms with Gasteiger partial charge in [0.2, 0.25) is 0 Å². The Labute approximate surface area is 122 Å². The topological polar surface area (TPSA) is 46.3 Å². The van der Waals surface area contributed by atoms with Gasteiger partial charge in [-0.25, -0.2) is 0 Å². The van der Waals surface area contributed by atoms with Crippen molar-refractivity contribution in [1.82, 2.24) is 4.90 Å². The number of rotatable bonds is 3. The minimum Gasteiger partial charge on any atom is -0.339 e. The SMILES string of the molecule is Cc1cc(C)c(C(=O)N2CCC(CCN)CC2)c(C)c1. The number of likely N-dealkylation sites (tertiary alicyclic amines) is 1. The number of aryl methyl sites for hydroxylation is 3. The first kappa shape index (κ1) is 15.0. The van der Waals surface area contributed by atoms with Crippen LogP contribution in [-0.4, -0.2) is 30.4 Å². The highest BCUT2D eigenvalue weighted by Crippen LogP contribution is 2.24. The highest BCUT2D eigenvalue weighted by molar-refractivity contribution is 5.97. The van der Waals surface area contributed by atoms with Gasteiger partial charge in [-0.15, -0.1) is 0 Å². The van der Waals surface area contributed by atoms with Crippen molar-refractivity contribution in [3.63, 3.8) is 0 Å². The van der Waals surface area contributed by atoms with Gasteiger partial charge in [0, 0.05) is 18.7 Å². The van der Waals surface area contributed by atoms with Crippen LogP contribution in [0.15, 0.2) is 12.1 Å². The number of amides is 1. The van der Waals surface area contributed by atoms with Crippen LogP contribution in [0.4, 0.5) is 0 Å². The summed E-state index contributed by atoms with van der Waals surface area (Å²) in [7, 11) is 0. The van der Waals surface area contributed by atoms with E-state index in [1.54, 1.807) is 0 Å². The van der Waals surface area contributed by atoms with Crippen LogP contribution in [0.2, 0.25) is 0 Å². The summed E-state index contributed by atoms with van der Waals surface area (Å²) in [6.07, 6.45) is 3.27. The summed E-state index contributed by atoms with van der Waals surface area (Å²) < 4.78 is 0. The lowest BCUT2D eigenvalue weighted by molar-refractivity contribution is 0.0686. The van der Waals surface area contributed by atoms with Gasteiger partial charge in [-0.05, 0) is 63.6 Å². The lowest BCUT2D eigenvalue weighted by atomic mass is 9.92. The summed E-state index contributed by atoms with van der Waals surface area (Å²) in [5, 5.41) is 0. The van der Waals surface area contributed by atoms with Crippen molar-refractivity contribution in [3.05, 3.63) is 34.4 Å². The van der Waals surface area contributed by atoms with E-state index < -0.39 is 0 Å². The van der Waals surface area contributed by atoms with Gasteiger partial charge in [0.1, 0.15) is 0 Å². The quantitative estimate of drug-likeness (QED) is 0.921. The number of nitrogens with two attached hydrogens (primary N) is 1. The van der Waals surface area contributed by atoms with Crippen LogP contribution in [0.25, 0.3) is 0 Å². The summed E-state index contributed by atoms with van der Waals surface area (Å²) in [5.41, 5.74) is 9.92. The molecule has 20 heavy (non-hydrogen) atoms. The summed E-state index contributed by atoms with van der Waals surface area (Å²) in [6, 6.07) is 4.20. The molecular weight excluding hydrogens is 248 g/mol. The zero-order valence-electron chi connectivity index (χ0n) is 12.9. The monoisotopic (exact) mass is 274 g/mol. The third-order valence-electron chi connectivity index (χ3n) is 4.37. The summed E-state index contributed by atoms with van der Waals surface area (Å²) in [6.45, 7) is 8.65. The molecule has 0 unspecified atom stereocenters. The standard InChI is InChI=1S/C17H26N2O/c1-12-10-13(2)16(14(3)11-12)17(20)19-8-5-15(4-7-18)6-9-19/h10-11,15H,4-9,18H2,1-3H3. The van der Waals surface area contributed by atoms with Crippen LogP contribution in [0, 0.1) is 26.7 Å². The van der Waals surface area contributed by atoms with Gasteiger partial charge in [0.25, 0.3) is 5.91 Å². The van der Waals surface area contributed by atoms with Crippen molar-refractivity contribution in [2.24, 2.45) is 11.7 Å². The molecule has 0 atom stereocenters. The molecule has 0 aliphatic carbocycles. The van der Waals surface area contributed by atoms with Gasteiger partial charge in [-0.3, -0.25) is 4.79 Å². The van der Waals surface area contributed by atoms with E-state index in [4.69, 9.17) is 5.73 Å². The van der Waals surface area contributed by atoms with E-state index in [0.717, 1.165) is 55.6 Å². The molecule has 1 aliphatic heterocycles. The molecule has 1 fully saturated rings. The van der Waals surface area contributed by atoms with Crippen LogP contribution in [-0.2, 0) is 0 Å². The van der Waals surface area contributed by atoms with E-state index >= 15 is 0 Å². The molecule has 3 heteroatoms. The zero-order valence-corrected chi connectivity index (χ0v) is 12.9. The predicted molar refractivity (Wildman–Crippen MR) is 83.0 cm³/mol. The summed E-state index contributed by atoms with van der Waals surface area (Å²) in [5.74, 6) is 0.899. The fourth-order valence-electron chi connectivity index (χ4n) is 3.34. The molecular formula is C17H26N2O. The third kappa shape index (κ3) is 3.21. The molecule has 1 saturated heterocycles. The van der Waals surface area contributed by atoms with Crippen molar-refractivity contribution in [2.45, 2.75) is 40.0 Å². The van der Waals surface area contributed by atoms with E-state index in [9.17, 15) is 4.79 Å². The van der Waals surface area contributed by atoms with Crippen LogP contribution >= 0.6 is 0 Å². The Hall–Kier alpha value is -1.35. The Morgan fingerprint density at radius 1 is 1.20 bits per heavy atom. The Morgan fingerprint density at radius 2 is 1.75 bits per heavy atom. The molecule has 0 radical (unpaired) electrons. The molecule has 1 aliphatic rings. The molecule has 2 rings (SSSR count). The van der Waals surface area contributed by atoms with Gasteiger partial charge >= 0.3 is 0 Å². The van der Waals surface area contributed by atoms with Crippen LogP contribution in [0.3, 0.4) is 0 Å². The van der Waals surface area contributed by atoms with E-state index in [1.165, 1.54) is 5.56 Å². The molecule has 0 saturated carbocycles. The van der Waals surface area contributed by atoms with Gasteiger partial charge in [0.15, 0.2) is 0 Å². The maximum absolute atomic E-state index is 12.7. The Kier molecular flexibility index (Phi) is 4.81. The highest BCUT2D eigenvalue weighted by atomic mass is 16.2. The fraction of sp³-hybridized carbons (Fsp3) is 0.588. The molecule has 0 bridgehead atoms.